The van der Waals surface area contributed by atoms with Crippen molar-refractivity contribution in [2.45, 2.75) is 33.2 Å². The molecule has 1 aromatic rings. The van der Waals surface area contributed by atoms with Crippen molar-refractivity contribution in [2.75, 3.05) is 5.32 Å². The first kappa shape index (κ1) is 14.0. The van der Waals surface area contributed by atoms with Crippen molar-refractivity contribution in [3.05, 3.63) is 23.9 Å². The van der Waals surface area contributed by atoms with E-state index in [1.54, 1.807) is 46.0 Å². The molecule has 1 aromatic heterocycles. The number of carboxylic acids is 1. The lowest BCUT2D eigenvalue weighted by Crippen LogP contribution is -2.50. The smallest absolute Gasteiger partial charge is 0.311 e. The summed E-state index contributed by atoms with van der Waals surface area (Å²) in [4.78, 5) is 15.4. The van der Waals surface area contributed by atoms with Gasteiger partial charge in [0.25, 0.3) is 0 Å². The van der Waals surface area contributed by atoms with Gasteiger partial charge >= 0.3 is 5.97 Å². The third kappa shape index (κ3) is 2.43. The van der Waals surface area contributed by atoms with Gasteiger partial charge in [0.2, 0.25) is 0 Å². The predicted molar refractivity (Wildman–Crippen MR) is 68.1 cm³/mol. The SMILES string of the molecule is CC(C)(Nc1ncccc1C#N)C(C)(C)C(=O)O. The second-order valence-electron chi connectivity index (χ2n) is 5.19. The molecule has 2 N–H and O–H groups in total. The fourth-order valence-corrected chi connectivity index (χ4v) is 1.31. The minimum atomic E-state index is -1.00. The molecular weight excluding hydrogens is 230 g/mol. The van der Waals surface area contributed by atoms with Gasteiger partial charge in [-0.3, -0.25) is 4.79 Å². The van der Waals surface area contributed by atoms with Crippen LogP contribution >= 0.6 is 0 Å². The van der Waals surface area contributed by atoms with Crippen LogP contribution in [-0.4, -0.2) is 21.6 Å². The standard InChI is InChI=1S/C13H17N3O2/c1-12(2,11(17)18)13(3,4)16-10-9(8-14)6-5-7-15-10/h5-7H,1-4H3,(H,15,16)(H,17,18). The number of nitrogens with one attached hydrogen (secondary N) is 1. The van der Waals surface area contributed by atoms with E-state index in [2.05, 4.69) is 10.3 Å². The van der Waals surface area contributed by atoms with Crippen LogP contribution in [0.25, 0.3) is 0 Å². The first-order chi connectivity index (χ1) is 8.22. The molecule has 5 heteroatoms. The minimum absolute atomic E-state index is 0.395. The Morgan fingerprint density at radius 3 is 2.56 bits per heavy atom. The number of carboxylic acid groups (broad SMARTS) is 1. The third-order valence-corrected chi connectivity index (χ3v) is 3.46. The molecule has 1 rings (SSSR count). The quantitative estimate of drug-likeness (QED) is 0.852. The number of anilines is 1. The van der Waals surface area contributed by atoms with Crippen LogP contribution in [0.5, 0.6) is 0 Å². The summed E-state index contributed by atoms with van der Waals surface area (Å²) >= 11 is 0. The second-order valence-corrected chi connectivity index (χ2v) is 5.19. The highest BCUT2D eigenvalue weighted by Crippen LogP contribution is 2.34. The molecule has 1 heterocycles. The van der Waals surface area contributed by atoms with Crippen molar-refractivity contribution in [3.8, 4) is 6.07 Å². The van der Waals surface area contributed by atoms with E-state index in [1.165, 1.54) is 0 Å². The number of nitriles is 1. The Hall–Kier alpha value is -2.09. The summed E-state index contributed by atoms with van der Waals surface area (Å²) in [5.74, 6) is -0.506. The highest BCUT2D eigenvalue weighted by molar-refractivity contribution is 5.76. The molecular formula is C13H17N3O2. The maximum Gasteiger partial charge on any atom is 0.311 e. The van der Waals surface area contributed by atoms with Gasteiger partial charge in [-0.25, -0.2) is 4.98 Å². The largest absolute Gasteiger partial charge is 0.481 e. The molecule has 96 valence electrons. The molecule has 5 nitrogen and oxygen atoms in total. The average Bonchev–Trinajstić information content (AvgIpc) is 2.28. The second kappa shape index (κ2) is 4.65. The van der Waals surface area contributed by atoms with Gasteiger partial charge in [-0.05, 0) is 39.8 Å². The monoisotopic (exact) mass is 247 g/mol. The number of nitrogens with zero attached hydrogens (tertiary/aromatic N) is 2. The number of aromatic nitrogens is 1. The summed E-state index contributed by atoms with van der Waals surface area (Å²) in [5.41, 5.74) is -1.36. The van der Waals surface area contributed by atoms with Crippen LogP contribution in [0.4, 0.5) is 5.82 Å². The lowest BCUT2D eigenvalue weighted by Gasteiger charge is -2.39. The van der Waals surface area contributed by atoms with Gasteiger partial charge in [-0.15, -0.1) is 0 Å². The first-order valence-corrected chi connectivity index (χ1v) is 5.59. The average molecular weight is 247 g/mol. The predicted octanol–water partition coefficient (Wildman–Crippen LogP) is 2.25. The van der Waals surface area contributed by atoms with E-state index in [4.69, 9.17) is 5.26 Å². The number of carbonyl (C=O) groups is 1. The molecule has 0 radical (unpaired) electrons. The Morgan fingerprint density at radius 2 is 2.06 bits per heavy atom. The Morgan fingerprint density at radius 1 is 1.44 bits per heavy atom. The minimum Gasteiger partial charge on any atom is -0.481 e. The van der Waals surface area contributed by atoms with Crippen molar-refractivity contribution in [2.24, 2.45) is 5.41 Å². The number of hydrogen-bond donors (Lipinski definition) is 2. The Balaban J connectivity index is 3.11. The van der Waals surface area contributed by atoms with E-state index in [1.807, 2.05) is 6.07 Å². The molecule has 0 saturated heterocycles. The van der Waals surface area contributed by atoms with Crippen molar-refractivity contribution in [3.63, 3.8) is 0 Å². The molecule has 0 aliphatic heterocycles. The lowest BCUT2D eigenvalue weighted by atomic mass is 9.74. The summed E-state index contributed by atoms with van der Waals surface area (Å²) < 4.78 is 0. The lowest BCUT2D eigenvalue weighted by molar-refractivity contribution is -0.149. The zero-order chi connectivity index (χ0) is 14.0. The molecule has 0 aliphatic rings. The number of aliphatic carboxylic acids is 1. The first-order valence-electron chi connectivity index (χ1n) is 5.59. The maximum atomic E-state index is 11.3. The van der Waals surface area contributed by atoms with E-state index >= 15 is 0 Å². The van der Waals surface area contributed by atoms with Crippen LogP contribution in [0.15, 0.2) is 18.3 Å². The van der Waals surface area contributed by atoms with Gasteiger partial charge in [0, 0.05) is 11.7 Å². The molecule has 0 atom stereocenters. The van der Waals surface area contributed by atoms with Crippen LogP contribution in [0.2, 0.25) is 0 Å². The van der Waals surface area contributed by atoms with Crippen LogP contribution in [0, 0.1) is 16.7 Å². The van der Waals surface area contributed by atoms with Gasteiger partial charge in [0.1, 0.15) is 11.9 Å². The number of rotatable bonds is 4. The summed E-state index contributed by atoms with van der Waals surface area (Å²) in [6.07, 6.45) is 1.56. The fraction of sp³-hybridized carbons (Fsp3) is 0.462. The molecule has 0 saturated carbocycles. The molecule has 18 heavy (non-hydrogen) atoms. The van der Waals surface area contributed by atoms with Crippen molar-refractivity contribution < 1.29 is 9.90 Å². The summed E-state index contributed by atoms with van der Waals surface area (Å²) in [5, 5.41) is 21.3. The highest BCUT2D eigenvalue weighted by Gasteiger charge is 2.43. The normalized spacial score (nSPS) is 11.7. The van der Waals surface area contributed by atoms with Gasteiger partial charge in [-0.2, -0.15) is 5.26 Å². The van der Waals surface area contributed by atoms with E-state index in [-0.39, 0.29) is 0 Å². The molecule has 0 unspecified atom stereocenters. The van der Waals surface area contributed by atoms with Crippen LogP contribution in [0.1, 0.15) is 33.3 Å². The Kier molecular flexibility index (Phi) is 3.61. The van der Waals surface area contributed by atoms with Gasteiger partial charge in [0.05, 0.1) is 11.0 Å². The zero-order valence-electron chi connectivity index (χ0n) is 11.0. The number of hydrogen-bond acceptors (Lipinski definition) is 4. The van der Waals surface area contributed by atoms with Gasteiger partial charge in [0.15, 0.2) is 0 Å². The van der Waals surface area contributed by atoms with Crippen molar-refractivity contribution >= 4 is 11.8 Å². The number of pyridine rings is 1. The van der Waals surface area contributed by atoms with Crippen LogP contribution in [0.3, 0.4) is 0 Å². The summed E-state index contributed by atoms with van der Waals surface area (Å²) in [6, 6.07) is 5.33. The van der Waals surface area contributed by atoms with E-state index in [0.717, 1.165) is 0 Å². The summed E-state index contributed by atoms with van der Waals surface area (Å²) in [7, 11) is 0. The zero-order valence-corrected chi connectivity index (χ0v) is 11.0. The molecule has 0 amide bonds. The highest BCUT2D eigenvalue weighted by atomic mass is 16.4. The van der Waals surface area contributed by atoms with Crippen LogP contribution < -0.4 is 5.32 Å². The van der Waals surface area contributed by atoms with Gasteiger partial charge in [-0.1, -0.05) is 0 Å². The summed E-state index contributed by atoms with van der Waals surface area (Å²) in [6.45, 7) is 6.82. The van der Waals surface area contributed by atoms with Crippen molar-refractivity contribution in [1.82, 2.24) is 4.98 Å². The molecule has 0 aromatic carbocycles. The molecule has 0 aliphatic carbocycles. The van der Waals surface area contributed by atoms with E-state index in [0.29, 0.717) is 11.4 Å². The fourth-order valence-electron chi connectivity index (χ4n) is 1.31. The molecule has 0 fully saturated rings. The van der Waals surface area contributed by atoms with Gasteiger partial charge < -0.3 is 10.4 Å². The van der Waals surface area contributed by atoms with E-state index in [9.17, 15) is 9.90 Å². The molecule has 0 spiro atoms. The Bertz CT molecular complexity index is 501. The molecule has 0 bridgehead atoms. The maximum absolute atomic E-state index is 11.3. The van der Waals surface area contributed by atoms with E-state index < -0.39 is 16.9 Å². The topological polar surface area (TPSA) is 86.0 Å². The third-order valence-electron chi connectivity index (χ3n) is 3.46. The van der Waals surface area contributed by atoms with Crippen LogP contribution in [-0.2, 0) is 4.79 Å². The Labute approximate surface area is 106 Å². The van der Waals surface area contributed by atoms with Crippen molar-refractivity contribution in [1.29, 1.82) is 5.26 Å².